The Morgan fingerprint density at radius 1 is 1.18 bits per heavy atom. The SMILES string of the molecule is CC[C@@H](C)[NH+]1CC[NH+](C[C@@H]2CC=CCC2)CC1. The summed E-state index contributed by atoms with van der Waals surface area (Å²) in [4.78, 5) is 3.72. The fourth-order valence-corrected chi connectivity index (χ4v) is 3.36. The molecule has 0 amide bonds. The Bertz CT molecular complexity index is 241. The first kappa shape index (κ1) is 13.1. The van der Waals surface area contributed by atoms with E-state index in [1.54, 1.807) is 0 Å². The number of piperazine rings is 1. The van der Waals surface area contributed by atoms with Crippen molar-refractivity contribution < 1.29 is 9.80 Å². The van der Waals surface area contributed by atoms with Gasteiger partial charge in [0, 0.05) is 5.92 Å². The predicted octanol–water partition coefficient (Wildman–Crippen LogP) is -0.0754. The van der Waals surface area contributed by atoms with Crippen molar-refractivity contribution in [3.63, 3.8) is 0 Å². The molecule has 0 radical (unpaired) electrons. The van der Waals surface area contributed by atoms with Gasteiger partial charge in [-0.25, -0.2) is 0 Å². The van der Waals surface area contributed by atoms with Crippen LogP contribution < -0.4 is 9.80 Å². The number of hydrogen-bond acceptors (Lipinski definition) is 0. The van der Waals surface area contributed by atoms with E-state index in [1.165, 1.54) is 58.4 Å². The third-order valence-corrected chi connectivity index (χ3v) is 4.86. The lowest BCUT2D eigenvalue weighted by molar-refractivity contribution is -1.02. The lowest BCUT2D eigenvalue weighted by Gasteiger charge is -2.34. The molecule has 17 heavy (non-hydrogen) atoms. The molecule has 2 rings (SSSR count). The van der Waals surface area contributed by atoms with Crippen LogP contribution in [0.1, 0.15) is 39.5 Å². The van der Waals surface area contributed by atoms with Gasteiger partial charge >= 0.3 is 0 Å². The van der Waals surface area contributed by atoms with E-state index < -0.39 is 0 Å². The Hall–Kier alpha value is -0.340. The van der Waals surface area contributed by atoms with Crippen molar-refractivity contribution in [1.82, 2.24) is 0 Å². The third-order valence-electron chi connectivity index (χ3n) is 4.86. The molecular formula is C15H30N2+2. The highest BCUT2D eigenvalue weighted by Gasteiger charge is 2.27. The average Bonchev–Trinajstić information content (AvgIpc) is 2.40. The normalized spacial score (nSPS) is 35.8. The van der Waals surface area contributed by atoms with Crippen molar-refractivity contribution in [3.8, 4) is 0 Å². The van der Waals surface area contributed by atoms with Crippen molar-refractivity contribution in [1.29, 1.82) is 0 Å². The highest BCUT2D eigenvalue weighted by Crippen LogP contribution is 2.15. The molecule has 2 atom stereocenters. The van der Waals surface area contributed by atoms with Crippen LogP contribution in [0.5, 0.6) is 0 Å². The topological polar surface area (TPSA) is 8.88 Å². The zero-order valence-corrected chi connectivity index (χ0v) is 11.7. The largest absolute Gasteiger partial charge is 0.325 e. The standard InChI is InChI=1S/C15H28N2/c1-3-14(2)17-11-9-16(10-12-17)13-15-7-5-4-6-8-15/h4-5,14-15H,3,6-13H2,1-2H3/p+2/t14-,15-/m1/s1. The van der Waals surface area contributed by atoms with Gasteiger partial charge in [-0.2, -0.15) is 0 Å². The van der Waals surface area contributed by atoms with Crippen LogP contribution in [0, 0.1) is 5.92 Å². The van der Waals surface area contributed by atoms with E-state index in [-0.39, 0.29) is 0 Å². The molecule has 1 aliphatic heterocycles. The fraction of sp³-hybridized carbons (Fsp3) is 0.867. The monoisotopic (exact) mass is 238 g/mol. The minimum absolute atomic E-state index is 0.870. The molecule has 0 unspecified atom stereocenters. The molecule has 1 aliphatic carbocycles. The molecule has 0 spiro atoms. The van der Waals surface area contributed by atoms with E-state index in [2.05, 4.69) is 26.0 Å². The summed E-state index contributed by atoms with van der Waals surface area (Å²) in [6.07, 6.45) is 10.2. The van der Waals surface area contributed by atoms with Crippen molar-refractivity contribution in [2.75, 3.05) is 32.7 Å². The molecule has 1 heterocycles. The Balaban J connectivity index is 1.70. The number of hydrogen-bond donors (Lipinski definition) is 2. The van der Waals surface area contributed by atoms with Gasteiger partial charge in [-0.05, 0) is 32.6 Å². The first-order valence-electron chi connectivity index (χ1n) is 7.62. The summed E-state index contributed by atoms with van der Waals surface area (Å²) in [5, 5.41) is 0. The molecule has 0 aromatic heterocycles. The minimum Gasteiger partial charge on any atom is -0.325 e. The molecule has 0 aromatic rings. The lowest BCUT2D eigenvalue weighted by Crippen LogP contribution is -3.29. The van der Waals surface area contributed by atoms with Gasteiger partial charge in [-0.15, -0.1) is 0 Å². The van der Waals surface area contributed by atoms with Gasteiger partial charge in [-0.1, -0.05) is 19.1 Å². The summed E-state index contributed by atoms with van der Waals surface area (Å²) >= 11 is 0. The van der Waals surface area contributed by atoms with Crippen molar-refractivity contribution in [2.24, 2.45) is 5.92 Å². The Labute approximate surface area is 107 Å². The Morgan fingerprint density at radius 2 is 1.94 bits per heavy atom. The third kappa shape index (κ3) is 3.82. The highest BCUT2D eigenvalue weighted by molar-refractivity contribution is 4.89. The molecule has 0 bridgehead atoms. The molecular weight excluding hydrogens is 208 g/mol. The van der Waals surface area contributed by atoms with Gasteiger partial charge in [-0.3, -0.25) is 0 Å². The molecule has 98 valence electrons. The second-order valence-corrected chi connectivity index (χ2v) is 6.07. The maximum atomic E-state index is 2.41. The molecule has 1 fully saturated rings. The smallest absolute Gasteiger partial charge is 0.127 e. The van der Waals surface area contributed by atoms with Crippen LogP contribution in [0.3, 0.4) is 0 Å². The second-order valence-electron chi connectivity index (χ2n) is 6.07. The number of allylic oxidation sites excluding steroid dienone is 2. The van der Waals surface area contributed by atoms with Gasteiger partial charge in [0.1, 0.15) is 26.2 Å². The molecule has 2 N–H and O–H groups in total. The van der Waals surface area contributed by atoms with Gasteiger partial charge in [0.05, 0.1) is 12.6 Å². The molecule has 1 saturated heterocycles. The van der Waals surface area contributed by atoms with E-state index in [4.69, 9.17) is 0 Å². The van der Waals surface area contributed by atoms with Gasteiger partial charge in [0.25, 0.3) is 0 Å². The molecule has 2 heteroatoms. The van der Waals surface area contributed by atoms with Crippen LogP contribution in [0.4, 0.5) is 0 Å². The van der Waals surface area contributed by atoms with E-state index >= 15 is 0 Å². The summed E-state index contributed by atoms with van der Waals surface area (Å²) in [5.41, 5.74) is 0. The quantitative estimate of drug-likeness (QED) is 0.634. The van der Waals surface area contributed by atoms with E-state index in [0.717, 1.165) is 12.0 Å². The summed E-state index contributed by atoms with van der Waals surface area (Å²) in [7, 11) is 0. The van der Waals surface area contributed by atoms with Crippen LogP contribution in [0.25, 0.3) is 0 Å². The van der Waals surface area contributed by atoms with Crippen molar-refractivity contribution in [3.05, 3.63) is 12.2 Å². The Kier molecular flexibility index (Phi) is 5.05. The summed E-state index contributed by atoms with van der Waals surface area (Å²) in [5.74, 6) is 0.972. The van der Waals surface area contributed by atoms with Crippen molar-refractivity contribution in [2.45, 2.75) is 45.6 Å². The van der Waals surface area contributed by atoms with Crippen LogP contribution in [-0.4, -0.2) is 38.8 Å². The van der Waals surface area contributed by atoms with Gasteiger partial charge in [0.2, 0.25) is 0 Å². The average molecular weight is 238 g/mol. The lowest BCUT2D eigenvalue weighted by atomic mass is 9.94. The maximum Gasteiger partial charge on any atom is 0.127 e. The fourth-order valence-electron chi connectivity index (χ4n) is 3.36. The molecule has 0 aromatic carbocycles. The summed E-state index contributed by atoms with van der Waals surface area (Å²) < 4.78 is 0. The van der Waals surface area contributed by atoms with Crippen molar-refractivity contribution >= 4 is 0 Å². The van der Waals surface area contributed by atoms with Crippen LogP contribution in [-0.2, 0) is 0 Å². The number of rotatable bonds is 4. The van der Waals surface area contributed by atoms with Gasteiger partial charge < -0.3 is 9.80 Å². The first-order chi connectivity index (χ1) is 8.29. The Morgan fingerprint density at radius 3 is 2.53 bits per heavy atom. The van der Waals surface area contributed by atoms with E-state index in [0.29, 0.717) is 0 Å². The summed E-state index contributed by atoms with van der Waals surface area (Å²) in [6, 6.07) is 0.870. The minimum atomic E-state index is 0.870. The molecule has 2 nitrogen and oxygen atoms in total. The first-order valence-corrected chi connectivity index (χ1v) is 7.62. The van der Waals surface area contributed by atoms with E-state index in [9.17, 15) is 0 Å². The second kappa shape index (κ2) is 6.55. The van der Waals surface area contributed by atoms with Gasteiger partial charge in [0.15, 0.2) is 0 Å². The highest BCUT2D eigenvalue weighted by atomic mass is 15.3. The number of quaternary nitrogens is 2. The summed E-state index contributed by atoms with van der Waals surface area (Å²) in [6.45, 7) is 11.8. The van der Waals surface area contributed by atoms with Crippen LogP contribution in [0.15, 0.2) is 12.2 Å². The predicted molar refractivity (Wildman–Crippen MR) is 72.5 cm³/mol. The molecule has 2 aliphatic rings. The van der Waals surface area contributed by atoms with Crippen LogP contribution >= 0.6 is 0 Å². The van der Waals surface area contributed by atoms with Crippen LogP contribution in [0.2, 0.25) is 0 Å². The zero-order chi connectivity index (χ0) is 12.1. The molecule has 0 saturated carbocycles. The maximum absolute atomic E-state index is 2.41. The zero-order valence-electron chi connectivity index (χ0n) is 11.7. The van der Waals surface area contributed by atoms with E-state index in [1.807, 2.05) is 9.80 Å². The number of nitrogens with one attached hydrogen (secondary N) is 2.